The highest BCUT2D eigenvalue weighted by atomic mass is 14.8. The van der Waals surface area contributed by atoms with E-state index in [-0.39, 0.29) is 0 Å². The van der Waals surface area contributed by atoms with E-state index >= 15 is 0 Å². The van der Waals surface area contributed by atoms with E-state index in [1.165, 1.54) is 28.8 Å². The summed E-state index contributed by atoms with van der Waals surface area (Å²) in [5.41, 5.74) is 5.48. The zero-order valence-electron chi connectivity index (χ0n) is 14.0. The Kier molecular flexibility index (Phi) is 6.27. The van der Waals surface area contributed by atoms with Gasteiger partial charge < -0.3 is 5.32 Å². The van der Waals surface area contributed by atoms with Crippen LogP contribution in [-0.2, 0) is 0 Å². The lowest BCUT2D eigenvalue weighted by atomic mass is 9.88. The SMILES string of the molecule is CCC/C(=C/C=C1/C=CC=CC1)C(C)c1ccccc1NC. The molecular weight excluding hydrogens is 266 g/mol. The summed E-state index contributed by atoms with van der Waals surface area (Å²) in [6.45, 7) is 4.56. The Morgan fingerprint density at radius 1 is 1.27 bits per heavy atom. The van der Waals surface area contributed by atoms with Crippen LogP contribution in [0.1, 0.15) is 44.6 Å². The average molecular weight is 293 g/mol. The number of nitrogens with one attached hydrogen (secondary N) is 1. The molecule has 0 heterocycles. The van der Waals surface area contributed by atoms with Crippen molar-refractivity contribution in [1.82, 2.24) is 0 Å². The van der Waals surface area contributed by atoms with Crippen LogP contribution in [0.15, 0.2) is 71.9 Å². The highest BCUT2D eigenvalue weighted by Crippen LogP contribution is 2.32. The third kappa shape index (κ3) is 4.24. The fraction of sp³-hybridized carbons (Fsp3) is 0.333. The predicted octanol–water partition coefficient (Wildman–Crippen LogP) is 6.00. The van der Waals surface area contributed by atoms with Gasteiger partial charge in [-0.3, -0.25) is 0 Å². The van der Waals surface area contributed by atoms with Gasteiger partial charge in [0.2, 0.25) is 0 Å². The maximum Gasteiger partial charge on any atom is 0.0376 e. The molecule has 0 aliphatic heterocycles. The minimum absolute atomic E-state index is 0.434. The molecule has 1 aliphatic carbocycles. The molecule has 116 valence electrons. The van der Waals surface area contributed by atoms with E-state index in [0.29, 0.717) is 5.92 Å². The van der Waals surface area contributed by atoms with Crippen molar-refractivity contribution >= 4 is 5.69 Å². The van der Waals surface area contributed by atoms with Crippen molar-refractivity contribution in [2.24, 2.45) is 0 Å². The van der Waals surface area contributed by atoms with Gasteiger partial charge in [-0.05, 0) is 30.0 Å². The number of hydrogen-bond acceptors (Lipinski definition) is 1. The molecule has 22 heavy (non-hydrogen) atoms. The lowest BCUT2D eigenvalue weighted by Crippen LogP contribution is -2.03. The van der Waals surface area contributed by atoms with Crippen molar-refractivity contribution in [1.29, 1.82) is 0 Å². The van der Waals surface area contributed by atoms with Gasteiger partial charge in [-0.25, -0.2) is 0 Å². The summed E-state index contributed by atoms with van der Waals surface area (Å²) in [7, 11) is 2.00. The molecule has 0 saturated heterocycles. The topological polar surface area (TPSA) is 12.0 Å². The van der Waals surface area contributed by atoms with Crippen molar-refractivity contribution < 1.29 is 0 Å². The van der Waals surface area contributed by atoms with Gasteiger partial charge in [-0.15, -0.1) is 0 Å². The molecule has 1 N–H and O–H groups in total. The van der Waals surface area contributed by atoms with Gasteiger partial charge in [0.05, 0.1) is 0 Å². The number of rotatable bonds is 6. The van der Waals surface area contributed by atoms with E-state index in [9.17, 15) is 0 Å². The lowest BCUT2D eigenvalue weighted by molar-refractivity contribution is 0.783. The molecule has 0 saturated carbocycles. The van der Waals surface area contributed by atoms with Crippen LogP contribution in [0.5, 0.6) is 0 Å². The number of anilines is 1. The van der Waals surface area contributed by atoms with Gasteiger partial charge in [-0.2, -0.15) is 0 Å². The molecule has 0 spiro atoms. The summed E-state index contributed by atoms with van der Waals surface area (Å²) in [6.07, 6.45) is 16.6. The largest absolute Gasteiger partial charge is 0.388 e. The molecule has 1 unspecified atom stereocenters. The Balaban J connectivity index is 2.26. The van der Waals surface area contributed by atoms with Crippen LogP contribution in [0.25, 0.3) is 0 Å². The molecule has 0 aromatic heterocycles. The first kappa shape index (κ1) is 16.4. The van der Waals surface area contributed by atoms with Gasteiger partial charge in [0.25, 0.3) is 0 Å². The molecule has 0 amide bonds. The fourth-order valence-electron chi connectivity index (χ4n) is 2.90. The zero-order valence-corrected chi connectivity index (χ0v) is 14.0. The van der Waals surface area contributed by atoms with Crippen LogP contribution in [0, 0.1) is 0 Å². The lowest BCUT2D eigenvalue weighted by Gasteiger charge is -2.19. The van der Waals surface area contributed by atoms with Crippen LogP contribution in [0.4, 0.5) is 5.69 Å². The smallest absolute Gasteiger partial charge is 0.0376 e. The molecule has 1 atom stereocenters. The monoisotopic (exact) mass is 293 g/mol. The molecule has 1 aliphatic rings. The maximum atomic E-state index is 3.32. The van der Waals surface area contributed by atoms with Gasteiger partial charge in [0.15, 0.2) is 0 Å². The quantitative estimate of drug-likeness (QED) is 0.678. The highest BCUT2D eigenvalue weighted by Gasteiger charge is 2.13. The predicted molar refractivity (Wildman–Crippen MR) is 98.4 cm³/mol. The van der Waals surface area contributed by atoms with Crippen molar-refractivity contribution in [2.45, 2.75) is 39.0 Å². The van der Waals surface area contributed by atoms with E-state index in [2.05, 4.69) is 79.9 Å². The molecule has 2 rings (SSSR count). The number of benzene rings is 1. The summed E-state index contributed by atoms with van der Waals surface area (Å²) in [5.74, 6) is 0.434. The Hall–Kier alpha value is -2.02. The summed E-state index contributed by atoms with van der Waals surface area (Å²) in [4.78, 5) is 0. The first-order valence-corrected chi connectivity index (χ1v) is 8.25. The van der Waals surface area contributed by atoms with E-state index in [1.54, 1.807) is 0 Å². The number of para-hydroxylation sites is 1. The highest BCUT2D eigenvalue weighted by molar-refractivity contribution is 5.54. The summed E-state index contributed by atoms with van der Waals surface area (Å²) >= 11 is 0. The van der Waals surface area contributed by atoms with Gasteiger partial charge in [0.1, 0.15) is 0 Å². The maximum absolute atomic E-state index is 3.32. The fourth-order valence-corrected chi connectivity index (χ4v) is 2.90. The van der Waals surface area contributed by atoms with E-state index in [4.69, 9.17) is 0 Å². The van der Waals surface area contributed by atoms with Crippen molar-refractivity contribution in [3.8, 4) is 0 Å². The van der Waals surface area contributed by atoms with E-state index in [1.807, 2.05) is 7.05 Å². The zero-order chi connectivity index (χ0) is 15.8. The molecule has 1 aromatic carbocycles. The Morgan fingerprint density at radius 2 is 2.09 bits per heavy atom. The van der Waals surface area contributed by atoms with Crippen LogP contribution < -0.4 is 5.32 Å². The Labute approximate surface area is 135 Å². The summed E-state index contributed by atoms with van der Waals surface area (Å²) in [5, 5.41) is 3.32. The molecule has 0 radical (unpaired) electrons. The van der Waals surface area contributed by atoms with Crippen molar-refractivity contribution in [3.63, 3.8) is 0 Å². The Morgan fingerprint density at radius 3 is 2.77 bits per heavy atom. The first-order valence-electron chi connectivity index (χ1n) is 8.25. The van der Waals surface area contributed by atoms with E-state index < -0.39 is 0 Å². The Bertz CT molecular complexity index is 602. The van der Waals surface area contributed by atoms with Gasteiger partial charge in [0, 0.05) is 18.7 Å². The molecular formula is C21H27N. The minimum Gasteiger partial charge on any atom is -0.388 e. The molecule has 1 aromatic rings. The minimum atomic E-state index is 0.434. The van der Waals surface area contributed by atoms with Gasteiger partial charge >= 0.3 is 0 Å². The third-order valence-corrected chi connectivity index (χ3v) is 4.21. The number of allylic oxidation sites excluding steroid dienone is 8. The van der Waals surface area contributed by atoms with Gasteiger partial charge in [-0.1, -0.05) is 80.5 Å². The average Bonchev–Trinajstić information content (AvgIpc) is 2.59. The second-order valence-corrected chi connectivity index (χ2v) is 5.78. The first-order chi connectivity index (χ1) is 10.8. The molecule has 1 nitrogen and oxygen atoms in total. The second-order valence-electron chi connectivity index (χ2n) is 5.78. The van der Waals surface area contributed by atoms with Crippen LogP contribution >= 0.6 is 0 Å². The summed E-state index contributed by atoms with van der Waals surface area (Å²) in [6, 6.07) is 8.61. The molecule has 0 bridgehead atoms. The number of hydrogen-bond donors (Lipinski definition) is 1. The van der Waals surface area contributed by atoms with Crippen molar-refractivity contribution in [2.75, 3.05) is 12.4 Å². The van der Waals surface area contributed by atoms with Crippen LogP contribution in [0.3, 0.4) is 0 Å². The summed E-state index contributed by atoms with van der Waals surface area (Å²) < 4.78 is 0. The van der Waals surface area contributed by atoms with Crippen molar-refractivity contribution in [3.05, 3.63) is 77.4 Å². The van der Waals surface area contributed by atoms with E-state index in [0.717, 1.165) is 12.8 Å². The normalized spacial score (nSPS) is 17.8. The van der Waals surface area contributed by atoms with Crippen LogP contribution in [-0.4, -0.2) is 7.05 Å². The molecule has 0 fully saturated rings. The third-order valence-electron chi connectivity index (χ3n) is 4.21. The second kappa shape index (κ2) is 8.43. The standard InChI is InChI=1S/C21H27N/c1-4-10-19(16-15-18-11-6-5-7-12-18)17(2)20-13-8-9-14-21(20)22-3/h5-9,11,13-17,22H,4,10,12H2,1-3H3/b18-15-,19-16-. The van der Waals surface area contributed by atoms with Crippen LogP contribution in [0.2, 0.25) is 0 Å². The molecule has 1 heteroatoms.